The molecule has 0 aromatic rings. The summed E-state index contributed by atoms with van der Waals surface area (Å²) in [5.41, 5.74) is 0. The first-order chi connectivity index (χ1) is 9.43. The second-order valence-corrected chi connectivity index (χ2v) is 42.8. The normalized spacial score (nSPS) is 12.9. The maximum atomic E-state index is 2.51. The van der Waals surface area contributed by atoms with Gasteiger partial charge in [-0.1, -0.05) is 0 Å². The van der Waals surface area contributed by atoms with Crippen LogP contribution < -0.4 is 0 Å². The van der Waals surface area contributed by atoms with Crippen LogP contribution in [0.2, 0.25) is 3.43 Å². The van der Waals surface area contributed by atoms with E-state index in [0.29, 0.717) is 3.43 Å². The van der Waals surface area contributed by atoms with Crippen LogP contribution in [0.4, 0.5) is 0 Å². The van der Waals surface area contributed by atoms with E-state index < -0.39 is 14.2 Å². The molecule has 0 spiro atoms. The fourth-order valence-electron chi connectivity index (χ4n) is 1.55. The Labute approximate surface area is 152 Å². The van der Waals surface area contributed by atoms with Crippen molar-refractivity contribution in [1.82, 2.24) is 0 Å². The molecule has 0 fully saturated rings. The average Bonchev–Trinajstić information content (AvgIpc) is 2.37. The van der Waals surface area contributed by atoms with Crippen molar-refractivity contribution in [2.75, 3.05) is 53.3 Å². The summed E-state index contributed by atoms with van der Waals surface area (Å²) in [7, 11) is 7.19. The van der Waals surface area contributed by atoms with Crippen molar-refractivity contribution in [2.45, 2.75) is 24.2 Å². The molecule has 0 atom stereocenters. The van der Waals surface area contributed by atoms with E-state index in [9.17, 15) is 0 Å². The minimum atomic E-state index is -2.27. The summed E-state index contributed by atoms with van der Waals surface area (Å²) in [5, 5.41) is 0. The van der Waals surface area contributed by atoms with Gasteiger partial charge in [0.15, 0.2) is 0 Å². The van der Waals surface area contributed by atoms with Gasteiger partial charge in [-0.2, -0.15) is 0 Å². The zero-order chi connectivity index (χ0) is 15.5. The molecule has 0 bridgehead atoms. The minimum absolute atomic E-state index is 0.532. The third-order valence-corrected chi connectivity index (χ3v) is 54.4. The molecular weight excluding hydrogens is 467 g/mol. The first-order valence-electron chi connectivity index (χ1n) is 6.82. The van der Waals surface area contributed by atoms with Crippen LogP contribution in [0.5, 0.6) is 0 Å². The van der Waals surface area contributed by atoms with Crippen LogP contribution in [0.15, 0.2) is 0 Å². The molecule has 0 aromatic carbocycles. The SMILES string of the molecule is CSCC[S][Sn]([S]CCSC)([S]CCSC)[C](C)(C)C. The molecule has 0 aromatic heterocycles. The predicted molar refractivity (Wildman–Crippen MR) is 118 cm³/mol. The second kappa shape index (κ2) is 13.2. The molecule has 0 unspecified atom stereocenters. The Morgan fingerprint density at radius 3 is 1.10 bits per heavy atom. The van der Waals surface area contributed by atoms with E-state index >= 15 is 0 Å². The van der Waals surface area contributed by atoms with Crippen LogP contribution in [0.3, 0.4) is 0 Å². The summed E-state index contributed by atoms with van der Waals surface area (Å²) in [6.45, 7) is 7.52. The fraction of sp³-hybridized carbons (Fsp3) is 1.00. The average molecular weight is 497 g/mol. The number of hydrogen-bond acceptors (Lipinski definition) is 6. The van der Waals surface area contributed by atoms with E-state index in [-0.39, 0.29) is 0 Å². The van der Waals surface area contributed by atoms with Crippen LogP contribution in [-0.4, -0.2) is 67.5 Å². The van der Waals surface area contributed by atoms with Gasteiger partial charge in [-0.3, -0.25) is 0 Å². The van der Waals surface area contributed by atoms with Gasteiger partial charge in [0.1, 0.15) is 0 Å². The quantitative estimate of drug-likeness (QED) is 0.237. The van der Waals surface area contributed by atoms with Gasteiger partial charge >= 0.3 is 154 Å². The molecule has 0 aliphatic carbocycles. The Morgan fingerprint density at radius 1 is 0.600 bits per heavy atom. The van der Waals surface area contributed by atoms with Crippen LogP contribution >= 0.6 is 62.1 Å². The van der Waals surface area contributed by atoms with E-state index in [1.165, 1.54) is 34.5 Å². The zero-order valence-corrected chi connectivity index (χ0v) is 21.4. The van der Waals surface area contributed by atoms with E-state index in [1.54, 1.807) is 0 Å². The summed E-state index contributed by atoms with van der Waals surface area (Å²) in [4.78, 5) is 0. The van der Waals surface area contributed by atoms with E-state index in [0.717, 1.165) is 0 Å². The monoisotopic (exact) mass is 498 g/mol. The molecule has 0 aliphatic rings. The van der Waals surface area contributed by atoms with Gasteiger partial charge in [0.05, 0.1) is 0 Å². The van der Waals surface area contributed by atoms with Crippen LogP contribution in [0.1, 0.15) is 20.8 Å². The third kappa shape index (κ3) is 9.26. The molecular formula is C13H30S6Sn. The molecule has 0 rings (SSSR count). The van der Waals surface area contributed by atoms with Gasteiger partial charge < -0.3 is 0 Å². The van der Waals surface area contributed by atoms with Gasteiger partial charge in [-0.15, -0.1) is 0 Å². The van der Waals surface area contributed by atoms with E-state index in [1.807, 2.05) is 35.3 Å². The third-order valence-electron chi connectivity index (χ3n) is 2.66. The molecule has 7 heteroatoms. The summed E-state index contributed by atoms with van der Waals surface area (Å²) >= 11 is 3.72. The Hall–Kier alpha value is 2.90. The van der Waals surface area contributed by atoms with Crippen LogP contribution in [0.25, 0.3) is 0 Å². The maximum absolute atomic E-state index is 2.51. The molecule has 0 N–H and O–H groups in total. The summed E-state index contributed by atoms with van der Waals surface area (Å²) in [6, 6.07) is 0. The van der Waals surface area contributed by atoms with Gasteiger partial charge in [-0.05, 0) is 0 Å². The molecule has 0 saturated heterocycles. The van der Waals surface area contributed by atoms with Gasteiger partial charge in [0, 0.05) is 0 Å². The van der Waals surface area contributed by atoms with Crippen LogP contribution in [0, 0.1) is 0 Å². The Kier molecular flexibility index (Phi) is 15.1. The van der Waals surface area contributed by atoms with E-state index in [2.05, 4.69) is 66.4 Å². The van der Waals surface area contributed by atoms with Crippen molar-refractivity contribution in [1.29, 1.82) is 0 Å². The second-order valence-electron chi connectivity index (χ2n) is 5.33. The van der Waals surface area contributed by atoms with Crippen molar-refractivity contribution < 1.29 is 0 Å². The zero-order valence-electron chi connectivity index (χ0n) is 13.7. The Morgan fingerprint density at radius 2 is 0.900 bits per heavy atom. The summed E-state index contributed by atoms with van der Waals surface area (Å²) in [6.07, 6.45) is 6.70. The Bertz CT molecular complexity index is 205. The molecule has 0 heterocycles. The van der Waals surface area contributed by atoms with Gasteiger partial charge in [-0.25, -0.2) is 0 Å². The first-order valence-corrected chi connectivity index (χ1v) is 25.9. The summed E-state index contributed by atoms with van der Waals surface area (Å²) in [5.74, 6) is 8.00. The summed E-state index contributed by atoms with van der Waals surface area (Å²) < 4.78 is 0.532. The van der Waals surface area contributed by atoms with Crippen molar-refractivity contribution in [2.24, 2.45) is 0 Å². The first kappa shape index (κ1) is 22.9. The van der Waals surface area contributed by atoms with Crippen molar-refractivity contribution in [3.63, 3.8) is 0 Å². The van der Waals surface area contributed by atoms with Crippen LogP contribution in [-0.2, 0) is 0 Å². The molecule has 0 amide bonds. The Balaban J connectivity index is 4.77. The van der Waals surface area contributed by atoms with Crippen molar-refractivity contribution >= 4 is 76.4 Å². The molecule has 20 heavy (non-hydrogen) atoms. The number of hydrogen-bond donors (Lipinski definition) is 0. The van der Waals surface area contributed by atoms with Crippen molar-refractivity contribution in [3.8, 4) is 0 Å². The van der Waals surface area contributed by atoms with Gasteiger partial charge in [0.2, 0.25) is 0 Å². The van der Waals surface area contributed by atoms with Crippen molar-refractivity contribution in [3.05, 3.63) is 0 Å². The number of thioether (sulfide) groups is 3. The topological polar surface area (TPSA) is 0 Å². The van der Waals surface area contributed by atoms with E-state index in [4.69, 9.17) is 0 Å². The fourth-order valence-corrected chi connectivity index (χ4v) is 48.6. The molecule has 0 radical (unpaired) electrons. The molecule has 0 saturated carbocycles. The van der Waals surface area contributed by atoms with Gasteiger partial charge in [0.25, 0.3) is 0 Å². The standard InChI is InChI=1S/C4H9.3C3H8S2.Sn/c1-4(2)3;3*1-5-3-2-4;/h1-3H3;3*4H,2-3H2,1H3;/q;;;;+3/p-3. The predicted octanol–water partition coefficient (Wildman–Crippen LogP) is 6.01. The number of rotatable bonds is 12. The molecule has 0 nitrogen and oxygen atoms in total. The molecule has 0 aliphatic heterocycles. The molecule has 122 valence electrons.